The lowest BCUT2D eigenvalue weighted by atomic mass is 9.96. The first-order valence-corrected chi connectivity index (χ1v) is 11.0. The first-order valence-electron chi connectivity index (χ1n) is 11.0. The molecular formula is C26H31N3O4. The number of anilines is 1. The number of benzene rings is 2. The molecule has 2 N–H and O–H groups in total. The summed E-state index contributed by atoms with van der Waals surface area (Å²) in [6.07, 6.45) is 1.55. The molecule has 1 heterocycles. The fraction of sp³-hybridized carbons (Fsp3) is 0.308. The Balaban J connectivity index is 1.66. The van der Waals surface area contributed by atoms with Gasteiger partial charge in [0.2, 0.25) is 11.8 Å². The molecule has 0 bridgehead atoms. The maximum absolute atomic E-state index is 13.1. The average molecular weight is 450 g/mol. The molecule has 174 valence electrons. The van der Waals surface area contributed by atoms with Crippen LogP contribution in [0.3, 0.4) is 0 Å². The second-order valence-electron chi connectivity index (χ2n) is 8.12. The molecule has 0 aliphatic carbocycles. The van der Waals surface area contributed by atoms with Crippen LogP contribution in [-0.2, 0) is 16.1 Å². The zero-order chi connectivity index (χ0) is 23.6. The van der Waals surface area contributed by atoms with Crippen LogP contribution < -0.4 is 15.4 Å². The van der Waals surface area contributed by atoms with Crippen LogP contribution in [0.5, 0.6) is 5.75 Å². The minimum absolute atomic E-state index is 0.0246. The van der Waals surface area contributed by atoms with Gasteiger partial charge in [-0.2, -0.15) is 0 Å². The highest BCUT2D eigenvalue weighted by atomic mass is 16.5. The van der Waals surface area contributed by atoms with Crippen molar-refractivity contribution in [3.63, 3.8) is 0 Å². The van der Waals surface area contributed by atoms with Gasteiger partial charge in [-0.05, 0) is 47.9 Å². The number of nitrogens with one attached hydrogen (secondary N) is 2. The van der Waals surface area contributed by atoms with Crippen LogP contribution in [0, 0.1) is 5.92 Å². The monoisotopic (exact) mass is 449 g/mol. The van der Waals surface area contributed by atoms with Crippen LogP contribution in [0.15, 0.2) is 77.4 Å². The summed E-state index contributed by atoms with van der Waals surface area (Å²) in [5, 5.41) is 6.19. The van der Waals surface area contributed by atoms with Gasteiger partial charge in [-0.15, -0.1) is 0 Å². The van der Waals surface area contributed by atoms with Crippen molar-refractivity contribution in [2.45, 2.75) is 26.4 Å². The SMILES string of the molecule is COc1ccc(C(NCC(=O)N(CC(=O)Nc2ccccc2)Cc2ccco2)C(C)C)cc1. The molecule has 1 aromatic heterocycles. The van der Waals surface area contributed by atoms with E-state index in [2.05, 4.69) is 24.5 Å². The lowest BCUT2D eigenvalue weighted by Crippen LogP contribution is -2.43. The van der Waals surface area contributed by atoms with E-state index >= 15 is 0 Å². The maximum atomic E-state index is 13.1. The number of amides is 2. The van der Waals surface area contributed by atoms with Crippen molar-refractivity contribution in [2.75, 3.05) is 25.5 Å². The predicted octanol–water partition coefficient (Wildman–Crippen LogP) is 4.24. The summed E-state index contributed by atoms with van der Waals surface area (Å²) in [7, 11) is 1.63. The Morgan fingerprint density at radius 2 is 1.73 bits per heavy atom. The second-order valence-corrected chi connectivity index (χ2v) is 8.12. The number of hydrogen-bond donors (Lipinski definition) is 2. The minimum atomic E-state index is -0.267. The predicted molar refractivity (Wildman–Crippen MR) is 128 cm³/mol. The Morgan fingerprint density at radius 3 is 2.33 bits per heavy atom. The Kier molecular flexibility index (Phi) is 8.66. The molecule has 0 fully saturated rings. The number of ether oxygens (including phenoxy) is 1. The molecule has 0 saturated carbocycles. The van der Waals surface area contributed by atoms with Crippen LogP contribution >= 0.6 is 0 Å². The van der Waals surface area contributed by atoms with Gasteiger partial charge in [-0.25, -0.2) is 0 Å². The number of nitrogens with zero attached hydrogens (tertiary/aromatic N) is 1. The van der Waals surface area contributed by atoms with E-state index in [1.807, 2.05) is 42.5 Å². The molecule has 3 rings (SSSR count). The quantitative estimate of drug-likeness (QED) is 0.457. The van der Waals surface area contributed by atoms with Crippen LogP contribution in [0.1, 0.15) is 31.2 Å². The first-order chi connectivity index (χ1) is 16.0. The van der Waals surface area contributed by atoms with Crippen molar-refractivity contribution < 1.29 is 18.7 Å². The highest BCUT2D eigenvalue weighted by Crippen LogP contribution is 2.24. The molecule has 0 spiro atoms. The number of methoxy groups -OCH3 is 1. The van der Waals surface area contributed by atoms with Crippen molar-refractivity contribution in [1.82, 2.24) is 10.2 Å². The summed E-state index contributed by atoms with van der Waals surface area (Å²) < 4.78 is 10.7. The van der Waals surface area contributed by atoms with Crippen molar-refractivity contribution in [3.05, 3.63) is 84.3 Å². The summed E-state index contributed by atoms with van der Waals surface area (Å²) in [5.41, 5.74) is 1.75. The van der Waals surface area contributed by atoms with E-state index in [9.17, 15) is 9.59 Å². The van der Waals surface area contributed by atoms with Gasteiger partial charge in [0.1, 0.15) is 18.1 Å². The number of rotatable bonds is 11. The molecule has 2 amide bonds. The molecule has 0 aliphatic heterocycles. The molecule has 0 saturated heterocycles. The van der Waals surface area contributed by atoms with Gasteiger partial charge in [0, 0.05) is 11.7 Å². The molecule has 7 heteroatoms. The number of carbonyl (C=O) groups is 2. The van der Waals surface area contributed by atoms with Crippen LogP contribution in [0.4, 0.5) is 5.69 Å². The third kappa shape index (κ3) is 7.22. The Bertz CT molecular complexity index is 1000. The van der Waals surface area contributed by atoms with E-state index < -0.39 is 0 Å². The van der Waals surface area contributed by atoms with Gasteiger partial charge in [0.15, 0.2) is 0 Å². The Labute approximate surface area is 194 Å². The number of para-hydroxylation sites is 1. The van der Waals surface area contributed by atoms with Gasteiger partial charge >= 0.3 is 0 Å². The molecule has 2 aromatic carbocycles. The highest BCUT2D eigenvalue weighted by Gasteiger charge is 2.22. The average Bonchev–Trinajstić information content (AvgIpc) is 3.32. The van der Waals surface area contributed by atoms with Gasteiger partial charge in [0.05, 0.1) is 26.5 Å². The van der Waals surface area contributed by atoms with Gasteiger partial charge in [-0.3, -0.25) is 9.59 Å². The molecule has 33 heavy (non-hydrogen) atoms. The molecule has 1 atom stereocenters. The molecule has 0 radical (unpaired) electrons. The van der Waals surface area contributed by atoms with Crippen molar-refractivity contribution in [2.24, 2.45) is 5.92 Å². The summed E-state index contributed by atoms with van der Waals surface area (Å²) in [6.45, 7) is 4.42. The van der Waals surface area contributed by atoms with E-state index in [0.29, 0.717) is 11.4 Å². The van der Waals surface area contributed by atoms with Gasteiger partial charge in [-0.1, -0.05) is 44.2 Å². The Hall–Kier alpha value is -3.58. The third-order valence-corrected chi connectivity index (χ3v) is 5.29. The summed E-state index contributed by atoms with van der Waals surface area (Å²) in [5.74, 6) is 1.20. The van der Waals surface area contributed by atoms with Crippen molar-refractivity contribution in [3.8, 4) is 5.75 Å². The molecule has 7 nitrogen and oxygen atoms in total. The number of carbonyl (C=O) groups excluding carboxylic acids is 2. The topological polar surface area (TPSA) is 83.8 Å². The number of hydrogen-bond acceptors (Lipinski definition) is 5. The van der Waals surface area contributed by atoms with E-state index in [0.717, 1.165) is 11.3 Å². The molecular weight excluding hydrogens is 418 g/mol. The highest BCUT2D eigenvalue weighted by molar-refractivity contribution is 5.94. The standard InChI is InChI=1S/C26H31N3O4/c1-19(2)26(20-11-13-22(32-3)14-12-20)27-16-25(31)29(17-23-10-7-15-33-23)18-24(30)28-21-8-5-4-6-9-21/h4-15,19,26-27H,16-18H2,1-3H3,(H,28,30). The lowest BCUT2D eigenvalue weighted by molar-refractivity contribution is -0.134. The number of furan rings is 1. The maximum Gasteiger partial charge on any atom is 0.244 e. The zero-order valence-corrected chi connectivity index (χ0v) is 19.3. The Morgan fingerprint density at radius 1 is 1.00 bits per heavy atom. The van der Waals surface area contributed by atoms with Gasteiger partial charge in [0.25, 0.3) is 0 Å². The van der Waals surface area contributed by atoms with E-state index in [1.54, 1.807) is 37.6 Å². The lowest BCUT2D eigenvalue weighted by Gasteiger charge is -2.26. The van der Waals surface area contributed by atoms with Crippen LogP contribution in [0.25, 0.3) is 0 Å². The van der Waals surface area contributed by atoms with Crippen LogP contribution in [-0.4, -0.2) is 36.9 Å². The van der Waals surface area contributed by atoms with E-state index in [4.69, 9.17) is 9.15 Å². The first kappa shape index (κ1) is 24.1. The fourth-order valence-electron chi connectivity index (χ4n) is 3.58. The third-order valence-electron chi connectivity index (χ3n) is 5.29. The summed E-state index contributed by atoms with van der Waals surface area (Å²) in [4.78, 5) is 27.2. The summed E-state index contributed by atoms with van der Waals surface area (Å²) in [6, 6.07) is 20.5. The van der Waals surface area contributed by atoms with Crippen molar-refractivity contribution in [1.29, 1.82) is 0 Å². The molecule has 0 aliphatic rings. The second kappa shape index (κ2) is 11.9. The van der Waals surface area contributed by atoms with E-state index in [-0.39, 0.29) is 43.4 Å². The smallest absolute Gasteiger partial charge is 0.244 e. The normalized spacial score (nSPS) is 11.8. The van der Waals surface area contributed by atoms with Gasteiger partial charge < -0.3 is 24.7 Å². The molecule has 1 unspecified atom stereocenters. The molecule has 3 aromatic rings. The minimum Gasteiger partial charge on any atom is -0.497 e. The largest absolute Gasteiger partial charge is 0.497 e. The van der Waals surface area contributed by atoms with E-state index in [1.165, 1.54) is 4.90 Å². The van der Waals surface area contributed by atoms with Crippen LogP contribution in [0.2, 0.25) is 0 Å². The fourth-order valence-corrected chi connectivity index (χ4v) is 3.58. The summed E-state index contributed by atoms with van der Waals surface area (Å²) >= 11 is 0. The zero-order valence-electron chi connectivity index (χ0n) is 19.3. The van der Waals surface area contributed by atoms with Crippen molar-refractivity contribution >= 4 is 17.5 Å².